The Labute approximate surface area is 114 Å². The Balaban J connectivity index is 1.88. The summed E-state index contributed by atoms with van der Waals surface area (Å²) in [6.07, 6.45) is 3.94. The van der Waals surface area contributed by atoms with E-state index < -0.39 is 0 Å². The zero-order valence-electron chi connectivity index (χ0n) is 11.3. The molecule has 2 heterocycles. The van der Waals surface area contributed by atoms with Crippen LogP contribution in [0.25, 0.3) is 0 Å². The van der Waals surface area contributed by atoms with Gasteiger partial charge in [-0.2, -0.15) is 0 Å². The molecule has 4 nitrogen and oxygen atoms in total. The number of fused-ring (bicyclic) bond motifs is 1. The third kappa shape index (κ3) is 2.49. The minimum absolute atomic E-state index is 0.875. The quantitative estimate of drug-likeness (QED) is 0.912. The van der Waals surface area contributed by atoms with Crippen molar-refractivity contribution in [2.75, 3.05) is 18.0 Å². The molecule has 3 rings (SSSR count). The van der Waals surface area contributed by atoms with Crippen LogP contribution in [0.3, 0.4) is 0 Å². The van der Waals surface area contributed by atoms with Gasteiger partial charge in [-0.05, 0) is 18.6 Å². The summed E-state index contributed by atoms with van der Waals surface area (Å²) in [5.41, 5.74) is 2.70. The molecule has 1 aromatic carbocycles. The molecule has 19 heavy (non-hydrogen) atoms. The van der Waals surface area contributed by atoms with Crippen molar-refractivity contribution >= 4 is 5.69 Å². The Morgan fingerprint density at radius 2 is 2.21 bits per heavy atom. The highest BCUT2D eigenvalue weighted by atomic mass is 15.2. The second-order valence-electron chi connectivity index (χ2n) is 4.86. The lowest BCUT2D eigenvalue weighted by molar-refractivity contribution is 0.647. The van der Waals surface area contributed by atoms with Crippen molar-refractivity contribution in [1.82, 2.24) is 14.9 Å². The van der Waals surface area contributed by atoms with Crippen LogP contribution >= 0.6 is 0 Å². The van der Waals surface area contributed by atoms with Gasteiger partial charge in [0, 0.05) is 44.3 Å². The summed E-state index contributed by atoms with van der Waals surface area (Å²) in [4.78, 5) is 6.91. The second kappa shape index (κ2) is 5.45. The maximum Gasteiger partial charge on any atom is 0.128 e. The van der Waals surface area contributed by atoms with Crippen molar-refractivity contribution < 1.29 is 0 Å². The van der Waals surface area contributed by atoms with Crippen LogP contribution in [0.1, 0.15) is 18.3 Å². The van der Waals surface area contributed by atoms with Gasteiger partial charge in [-0.25, -0.2) is 4.98 Å². The molecule has 0 amide bonds. The van der Waals surface area contributed by atoms with Crippen molar-refractivity contribution in [1.29, 1.82) is 0 Å². The van der Waals surface area contributed by atoms with Gasteiger partial charge in [0.25, 0.3) is 0 Å². The number of hydrogen-bond acceptors (Lipinski definition) is 3. The van der Waals surface area contributed by atoms with E-state index in [1.807, 2.05) is 6.20 Å². The lowest BCUT2D eigenvalue weighted by Crippen LogP contribution is -2.29. The zero-order chi connectivity index (χ0) is 13.1. The van der Waals surface area contributed by atoms with Crippen molar-refractivity contribution in [2.24, 2.45) is 0 Å². The summed E-state index contributed by atoms with van der Waals surface area (Å²) in [5, 5.41) is 3.47. The van der Waals surface area contributed by atoms with E-state index in [-0.39, 0.29) is 0 Å². The van der Waals surface area contributed by atoms with Crippen molar-refractivity contribution in [3.05, 3.63) is 48.0 Å². The van der Waals surface area contributed by atoms with Crippen molar-refractivity contribution in [2.45, 2.75) is 26.6 Å². The number of rotatable bonds is 3. The predicted molar refractivity (Wildman–Crippen MR) is 77.1 cm³/mol. The van der Waals surface area contributed by atoms with Gasteiger partial charge in [0.1, 0.15) is 5.82 Å². The molecule has 100 valence electrons. The Morgan fingerprint density at radius 3 is 3.11 bits per heavy atom. The number of hydrogen-bond donors (Lipinski definition) is 1. The first-order valence-electron chi connectivity index (χ1n) is 6.92. The lowest BCUT2D eigenvalue weighted by atomic mass is 10.1. The maximum absolute atomic E-state index is 4.49. The van der Waals surface area contributed by atoms with E-state index in [1.54, 1.807) is 0 Å². The molecule has 0 fully saturated rings. The fraction of sp³-hybridized carbons (Fsp3) is 0.400. The number of nitrogens with one attached hydrogen (secondary N) is 1. The molecule has 2 aromatic rings. The Hall–Kier alpha value is -1.81. The summed E-state index contributed by atoms with van der Waals surface area (Å²) in [6, 6.07) is 8.63. The molecule has 0 spiro atoms. The normalized spacial score (nSPS) is 15.1. The van der Waals surface area contributed by atoms with Gasteiger partial charge in [-0.15, -0.1) is 0 Å². The third-order valence-electron chi connectivity index (χ3n) is 3.68. The van der Waals surface area contributed by atoms with E-state index in [9.17, 15) is 0 Å². The molecule has 1 aliphatic rings. The zero-order valence-corrected chi connectivity index (χ0v) is 11.3. The van der Waals surface area contributed by atoms with Crippen LogP contribution in [0.4, 0.5) is 5.69 Å². The van der Waals surface area contributed by atoms with E-state index >= 15 is 0 Å². The Bertz CT molecular complexity index is 547. The molecular formula is C15H20N4. The average Bonchev–Trinajstić information content (AvgIpc) is 2.80. The molecule has 0 unspecified atom stereocenters. The number of nitrogens with zero attached hydrogens (tertiary/aromatic N) is 3. The van der Waals surface area contributed by atoms with Crippen molar-refractivity contribution in [3.63, 3.8) is 0 Å². The molecule has 4 heteroatoms. The molecule has 0 radical (unpaired) electrons. The number of para-hydroxylation sites is 1. The molecule has 1 aliphatic heterocycles. The van der Waals surface area contributed by atoms with Crippen LogP contribution in [0.15, 0.2) is 36.7 Å². The van der Waals surface area contributed by atoms with Gasteiger partial charge in [-0.1, -0.05) is 18.2 Å². The van der Waals surface area contributed by atoms with Gasteiger partial charge in [0.15, 0.2) is 0 Å². The van der Waals surface area contributed by atoms with Gasteiger partial charge in [0.2, 0.25) is 0 Å². The van der Waals surface area contributed by atoms with Crippen molar-refractivity contribution in [3.8, 4) is 0 Å². The number of benzene rings is 1. The molecule has 0 bridgehead atoms. The highest BCUT2D eigenvalue weighted by Gasteiger charge is 2.16. The fourth-order valence-electron chi connectivity index (χ4n) is 2.64. The molecule has 1 N–H and O–H groups in total. The second-order valence-corrected chi connectivity index (χ2v) is 4.86. The number of aromatic nitrogens is 2. The van der Waals surface area contributed by atoms with Crippen LogP contribution in [0.5, 0.6) is 0 Å². The smallest absolute Gasteiger partial charge is 0.128 e. The fourth-order valence-corrected chi connectivity index (χ4v) is 2.64. The molecule has 0 saturated carbocycles. The van der Waals surface area contributed by atoms with Crippen LogP contribution < -0.4 is 10.2 Å². The van der Waals surface area contributed by atoms with E-state index in [0.29, 0.717) is 0 Å². The predicted octanol–water partition coefficient (Wildman–Crippen LogP) is 2.01. The number of anilines is 1. The molecule has 0 saturated heterocycles. The lowest BCUT2D eigenvalue weighted by Gasteiger charge is -2.24. The third-order valence-corrected chi connectivity index (χ3v) is 3.68. The standard InChI is InChI=1S/C15H20N4/c1-2-18-10-8-17-15(18)12-19-9-7-16-11-13-5-3-4-6-14(13)19/h3-6,8,10,16H,2,7,9,11-12H2,1H3. The highest BCUT2D eigenvalue weighted by molar-refractivity contribution is 5.54. The Kier molecular flexibility index (Phi) is 3.51. The van der Waals surface area contributed by atoms with Gasteiger partial charge in [0.05, 0.1) is 6.54 Å². The largest absolute Gasteiger partial charge is 0.363 e. The SMILES string of the molecule is CCn1ccnc1CN1CCNCc2ccccc21. The summed E-state index contributed by atoms with van der Waals surface area (Å²) < 4.78 is 2.21. The van der Waals surface area contributed by atoms with Gasteiger partial charge >= 0.3 is 0 Å². The number of aryl methyl sites for hydroxylation is 1. The highest BCUT2D eigenvalue weighted by Crippen LogP contribution is 2.23. The number of imidazole rings is 1. The first-order chi connectivity index (χ1) is 9.38. The average molecular weight is 256 g/mol. The molecule has 1 aromatic heterocycles. The molecular weight excluding hydrogens is 236 g/mol. The van der Waals surface area contributed by atoms with E-state index in [0.717, 1.165) is 38.5 Å². The Morgan fingerprint density at radius 1 is 1.32 bits per heavy atom. The summed E-state index contributed by atoms with van der Waals surface area (Å²) >= 11 is 0. The minimum atomic E-state index is 0.875. The van der Waals surface area contributed by atoms with Gasteiger partial charge in [-0.3, -0.25) is 0 Å². The summed E-state index contributed by atoms with van der Waals surface area (Å²) in [6.45, 7) is 7.00. The minimum Gasteiger partial charge on any atom is -0.363 e. The van der Waals surface area contributed by atoms with Gasteiger partial charge < -0.3 is 14.8 Å². The molecule has 0 aliphatic carbocycles. The van der Waals surface area contributed by atoms with Crippen LogP contribution in [0, 0.1) is 0 Å². The topological polar surface area (TPSA) is 33.1 Å². The van der Waals surface area contributed by atoms with E-state index in [2.05, 4.69) is 57.2 Å². The first-order valence-corrected chi connectivity index (χ1v) is 6.92. The van der Waals surface area contributed by atoms with E-state index in [4.69, 9.17) is 0 Å². The van der Waals surface area contributed by atoms with Crippen LogP contribution in [-0.2, 0) is 19.6 Å². The summed E-state index contributed by atoms with van der Waals surface area (Å²) in [5.74, 6) is 1.14. The van der Waals surface area contributed by atoms with Crippen LogP contribution in [-0.4, -0.2) is 22.6 Å². The first kappa shape index (κ1) is 12.2. The monoisotopic (exact) mass is 256 g/mol. The maximum atomic E-state index is 4.49. The summed E-state index contributed by atoms with van der Waals surface area (Å²) in [7, 11) is 0. The van der Waals surface area contributed by atoms with Crippen LogP contribution in [0.2, 0.25) is 0 Å². The molecule has 0 atom stereocenters. The van der Waals surface area contributed by atoms with E-state index in [1.165, 1.54) is 11.3 Å².